The summed E-state index contributed by atoms with van der Waals surface area (Å²) in [7, 11) is 1.71. The van der Waals surface area contributed by atoms with Crippen molar-refractivity contribution in [1.82, 2.24) is 10.7 Å². The first-order valence-electron chi connectivity index (χ1n) is 5.14. The fourth-order valence-corrected chi connectivity index (χ4v) is 1.16. The second-order valence-corrected chi connectivity index (χ2v) is 3.52. The molecular weight excluding hydrogens is 238 g/mol. The molecule has 0 amide bonds. The molecule has 0 unspecified atom stereocenters. The van der Waals surface area contributed by atoms with E-state index < -0.39 is 0 Å². The predicted molar refractivity (Wildman–Crippen MR) is 71.7 cm³/mol. The smallest absolute Gasteiger partial charge is 0.186 e. The number of nitrogens with one attached hydrogen (secondary N) is 2. The zero-order valence-electron chi connectivity index (χ0n) is 9.73. The first-order valence-corrected chi connectivity index (χ1v) is 5.54. The highest BCUT2D eigenvalue weighted by atomic mass is 32.1. The maximum atomic E-state index is 9.50. The van der Waals surface area contributed by atoms with Crippen LogP contribution in [0.15, 0.2) is 23.3 Å². The van der Waals surface area contributed by atoms with Gasteiger partial charge in [0.05, 0.1) is 12.8 Å². The summed E-state index contributed by atoms with van der Waals surface area (Å²) in [5.74, 6) is 0.551. The molecule has 1 aromatic carbocycles. The van der Waals surface area contributed by atoms with Gasteiger partial charge in [-0.15, -0.1) is 0 Å². The molecule has 17 heavy (non-hydrogen) atoms. The van der Waals surface area contributed by atoms with Gasteiger partial charge in [-0.2, -0.15) is 5.10 Å². The number of benzene rings is 1. The molecule has 3 N–H and O–H groups in total. The topological polar surface area (TPSA) is 65.9 Å². The number of hydrazone groups is 1. The Morgan fingerprint density at radius 2 is 2.35 bits per heavy atom. The lowest BCUT2D eigenvalue weighted by molar-refractivity contribution is 0.318. The minimum atomic E-state index is 0.114. The van der Waals surface area contributed by atoms with Crippen molar-refractivity contribution in [2.75, 3.05) is 13.7 Å². The van der Waals surface area contributed by atoms with Crippen LogP contribution in [0, 0.1) is 0 Å². The van der Waals surface area contributed by atoms with Gasteiger partial charge in [0.15, 0.2) is 16.6 Å². The number of nitrogens with zero attached hydrogens (tertiary/aromatic N) is 1. The van der Waals surface area contributed by atoms with Crippen molar-refractivity contribution >= 4 is 23.5 Å². The predicted octanol–water partition coefficient (Wildman–Crippen LogP) is 1.22. The van der Waals surface area contributed by atoms with E-state index in [0.717, 1.165) is 5.56 Å². The number of hydrogen-bond donors (Lipinski definition) is 3. The van der Waals surface area contributed by atoms with Gasteiger partial charge in [-0.05, 0) is 42.9 Å². The second-order valence-electron chi connectivity index (χ2n) is 3.11. The van der Waals surface area contributed by atoms with E-state index in [2.05, 4.69) is 15.8 Å². The third-order valence-electron chi connectivity index (χ3n) is 1.89. The number of phenolic OH excluding ortho intramolecular Hbond substituents is 1. The van der Waals surface area contributed by atoms with Crippen molar-refractivity contribution in [3.05, 3.63) is 23.8 Å². The Balaban J connectivity index is 2.71. The summed E-state index contributed by atoms with van der Waals surface area (Å²) in [6.07, 6.45) is 1.59. The summed E-state index contributed by atoms with van der Waals surface area (Å²) >= 11 is 4.86. The van der Waals surface area contributed by atoms with Crippen LogP contribution in [-0.4, -0.2) is 30.1 Å². The SMILES string of the molecule is CCOc1cc(/C=N/NC(=S)NC)ccc1O. The molecule has 0 aliphatic carbocycles. The van der Waals surface area contributed by atoms with Crippen molar-refractivity contribution in [3.8, 4) is 11.5 Å². The van der Waals surface area contributed by atoms with Gasteiger partial charge in [0.1, 0.15) is 0 Å². The number of phenols is 1. The Kier molecular flexibility index (Phi) is 5.22. The van der Waals surface area contributed by atoms with Crippen LogP contribution < -0.4 is 15.5 Å². The fourth-order valence-electron chi connectivity index (χ4n) is 1.10. The fraction of sp³-hybridized carbons (Fsp3) is 0.273. The van der Waals surface area contributed by atoms with E-state index in [9.17, 15) is 5.11 Å². The van der Waals surface area contributed by atoms with Crippen LogP contribution in [0.25, 0.3) is 0 Å². The number of aromatic hydroxyl groups is 1. The van der Waals surface area contributed by atoms with Crippen LogP contribution in [0.1, 0.15) is 12.5 Å². The summed E-state index contributed by atoms with van der Waals surface area (Å²) in [4.78, 5) is 0. The standard InChI is InChI=1S/C11H15N3O2S/c1-3-16-10-6-8(4-5-9(10)15)7-13-14-11(17)12-2/h4-7,15H,3H2,1-2H3,(H2,12,14,17)/b13-7+. The van der Waals surface area contributed by atoms with E-state index in [-0.39, 0.29) is 5.75 Å². The molecule has 0 atom stereocenters. The maximum Gasteiger partial charge on any atom is 0.186 e. The van der Waals surface area contributed by atoms with Crippen LogP contribution in [0.2, 0.25) is 0 Å². The average Bonchev–Trinajstić information content (AvgIpc) is 2.33. The maximum absolute atomic E-state index is 9.50. The molecule has 0 saturated heterocycles. The van der Waals surface area contributed by atoms with Crippen LogP contribution in [0.3, 0.4) is 0 Å². The van der Waals surface area contributed by atoms with E-state index in [4.69, 9.17) is 17.0 Å². The monoisotopic (exact) mass is 253 g/mol. The van der Waals surface area contributed by atoms with Gasteiger partial charge in [0.25, 0.3) is 0 Å². The van der Waals surface area contributed by atoms with Crippen molar-refractivity contribution in [2.45, 2.75) is 6.92 Å². The van der Waals surface area contributed by atoms with Gasteiger partial charge in [0, 0.05) is 7.05 Å². The first kappa shape index (κ1) is 13.2. The van der Waals surface area contributed by atoms with Crippen molar-refractivity contribution < 1.29 is 9.84 Å². The number of thiocarbonyl (C=S) groups is 1. The molecule has 0 aromatic heterocycles. The van der Waals surface area contributed by atoms with Crippen LogP contribution >= 0.6 is 12.2 Å². The van der Waals surface area contributed by atoms with Gasteiger partial charge in [-0.25, -0.2) is 0 Å². The van der Waals surface area contributed by atoms with Crippen LogP contribution in [0.4, 0.5) is 0 Å². The largest absolute Gasteiger partial charge is 0.504 e. The molecule has 0 aliphatic heterocycles. The Labute approximate surface area is 105 Å². The quantitative estimate of drug-likeness (QED) is 0.428. The zero-order valence-corrected chi connectivity index (χ0v) is 10.5. The summed E-state index contributed by atoms with van der Waals surface area (Å²) in [6, 6.07) is 4.99. The highest BCUT2D eigenvalue weighted by molar-refractivity contribution is 7.80. The van der Waals surface area contributed by atoms with Gasteiger partial charge in [-0.1, -0.05) is 0 Å². The molecule has 0 bridgehead atoms. The van der Waals surface area contributed by atoms with Gasteiger partial charge < -0.3 is 15.2 Å². The van der Waals surface area contributed by atoms with Crippen LogP contribution in [-0.2, 0) is 0 Å². The van der Waals surface area contributed by atoms with E-state index in [1.165, 1.54) is 0 Å². The van der Waals surface area contributed by atoms with E-state index in [1.807, 2.05) is 6.92 Å². The zero-order chi connectivity index (χ0) is 12.7. The summed E-state index contributed by atoms with van der Waals surface area (Å²) in [6.45, 7) is 2.35. The number of hydrogen-bond acceptors (Lipinski definition) is 4. The van der Waals surface area contributed by atoms with Crippen LogP contribution in [0.5, 0.6) is 11.5 Å². The third-order valence-corrected chi connectivity index (χ3v) is 2.19. The average molecular weight is 253 g/mol. The normalized spacial score (nSPS) is 10.2. The van der Waals surface area contributed by atoms with Gasteiger partial charge >= 0.3 is 0 Å². The van der Waals surface area contributed by atoms with Gasteiger partial charge in [-0.3, -0.25) is 5.43 Å². The summed E-state index contributed by atoms with van der Waals surface area (Å²) < 4.78 is 5.26. The molecule has 0 radical (unpaired) electrons. The number of ether oxygens (including phenoxy) is 1. The lowest BCUT2D eigenvalue weighted by atomic mass is 10.2. The molecule has 1 aromatic rings. The second kappa shape index (κ2) is 6.70. The highest BCUT2D eigenvalue weighted by Crippen LogP contribution is 2.25. The van der Waals surface area contributed by atoms with Crippen molar-refractivity contribution in [1.29, 1.82) is 0 Å². The molecule has 5 nitrogen and oxygen atoms in total. The van der Waals surface area contributed by atoms with E-state index >= 15 is 0 Å². The molecule has 92 valence electrons. The molecule has 6 heteroatoms. The lowest BCUT2D eigenvalue weighted by Gasteiger charge is -2.06. The molecule has 0 fully saturated rings. The molecule has 0 saturated carbocycles. The molecule has 0 heterocycles. The number of rotatable bonds is 4. The molecule has 0 aliphatic rings. The Bertz CT molecular complexity index is 421. The Morgan fingerprint density at radius 1 is 1.59 bits per heavy atom. The van der Waals surface area contributed by atoms with Crippen molar-refractivity contribution in [3.63, 3.8) is 0 Å². The Hall–Kier alpha value is -1.82. The van der Waals surface area contributed by atoms with E-state index in [1.54, 1.807) is 31.5 Å². The highest BCUT2D eigenvalue weighted by Gasteiger charge is 2.01. The minimum Gasteiger partial charge on any atom is -0.504 e. The van der Waals surface area contributed by atoms with E-state index in [0.29, 0.717) is 17.5 Å². The van der Waals surface area contributed by atoms with Crippen molar-refractivity contribution in [2.24, 2.45) is 5.10 Å². The molecular formula is C11H15N3O2S. The molecule has 0 spiro atoms. The third kappa shape index (κ3) is 4.28. The Morgan fingerprint density at radius 3 is 3.00 bits per heavy atom. The minimum absolute atomic E-state index is 0.114. The summed E-state index contributed by atoms with van der Waals surface area (Å²) in [5.41, 5.74) is 3.44. The lowest BCUT2D eigenvalue weighted by Crippen LogP contribution is -2.28. The first-order chi connectivity index (χ1) is 8.17. The molecule has 1 rings (SSSR count). The van der Waals surface area contributed by atoms with Gasteiger partial charge in [0.2, 0.25) is 0 Å². The summed E-state index contributed by atoms with van der Waals surface area (Å²) in [5, 5.41) is 16.6.